The van der Waals surface area contributed by atoms with Gasteiger partial charge in [0, 0.05) is 12.6 Å². The van der Waals surface area contributed by atoms with Crippen molar-refractivity contribution in [3.05, 3.63) is 34.9 Å². The van der Waals surface area contributed by atoms with Gasteiger partial charge in [-0.3, -0.25) is 9.59 Å². The normalized spacial score (nSPS) is 15.5. The summed E-state index contributed by atoms with van der Waals surface area (Å²) < 4.78 is 5.29. The van der Waals surface area contributed by atoms with Crippen molar-refractivity contribution in [3.63, 3.8) is 0 Å². The fourth-order valence-electron chi connectivity index (χ4n) is 4.23. The molecule has 1 saturated carbocycles. The first-order chi connectivity index (χ1) is 16.5. The monoisotopic (exact) mass is 489 g/mol. The quantitative estimate of drug-likeness (QED) is 0.409. The molecule has 1 aliphatic rings. The van der Waals surface area contributed by atoms with Crippen LogP contribution in [0.5, 0.6) is 0 Å². The van der Waals surface area contributed by atoms with E-state index in [4.69, 9.17) is 4.74 Å². The summed E-state index contributed by atoms with van der Waals surface area (Å²) >= 11 is 0. The van der Waals surface area contributed by atoms with E-state index >= 15 is 0 Å². The highest BCUT2D eigenvalue weighted by atomic mass is 16.6. The first kappa shape index (κ1) is 28.6. The van der Waals surface area contributed by atoms with E-state index in [2.05, 4.69) is 17.6 Å². The second-order valence-corrected chi connectivity index (χ2v) is 10.5. The van der Waals surface area contributed by atoms with E-state index in [0.717, 1.165) is 55.2 Å². The molecule has 3 amide bonds. The average molecular weight is 490 g/mol. The number of unbranched alkanes of at least 4 members (excludes halogenated alkanes) is 2. The van der Waals surface area contributed by atoms with Crippen molar-refractivity contribution < 1.29 is 24.2 Å². The summed E-state index contributed by atoms with van der Waals surface area (Å²) in [6.07, 6.45) is 4.60. The molecule has 1 aromatic carbocycles. The zero-order chi connectivity index (χ0) is 26.2. The number of hydrogen-bond donors (Lipinski definition) is 3. The highest BCUT2D eigenvalue weighted by molar-refractivity contribution is 5.92. The van der Waals surface area contributed by atoms with Crippen molar-refractivity contribution in [2.45, 2.75) is 104 Å². The fraction of sp³-hybridized carbons (Fsp3) is 0.667. The van der Waals surface area contributed by atoms with Crippen molar-refractivity contribution in [1.82, 2.24) is 15.5 Å². The van der Waals surface area contributed by atoms with Gasteiger partial charge in [0.1, 0.15) is 17.7 Å². The van der Waals surface area contributed by atoms with Crippen LogP contribution in [0.3, 0.4) is 0 Å². The van der Waals surface area contributed by atoms with Crippen molar-refractivity contribution in [3.8, 4) is 0 Å². The highest BCUT2D eigenvalue weighted by Gasteiger charge is 2.42. The largest absolute Gasteiger partial charge is 0.444 e. The predicted molar refractivity (Wildman–Crippen MR) is 136 cm³/mol. The number of nitrogens with one attached hydrogen (secondary N) is 2. The van der Waals surface area contributed by atoms with Gasteiger partial charge >= 0.3 is 6.09 Å². The average Bonchev–Trinajstić information content (AvgIpc) is 2.72. The van der Waals surface area contributed by atoms with Gasteiger partial charge < -0.3 is 25.4 Å². The topological polar surface area (TPSA) is 108 Å². The van der Waals surface area contributed by atoms with Crippen LogP contribution < -0.4 is 10.6 Å². The number of benzene rings is 1. The summed E-state index contributed by atoms with van der Waals surface area (Å²) in [5, 5.41) is 15.5. The van der Waals surface area contributed by atoms with Crippen molar-refractivity contribution in [2.24, 2.45) is 0 Å². The van der Waals surface area contributed by atoms with Gasteiger partial charge in [0.2, 0.25) is 11.8 Å². The van der Waals surface area contributed by atoms with Crippen molar-refractivity contribution in [1.29, 1.82) is 0 Å². The minimum Gasteiger partial charge on any atom is -0.444 e. The molecule has 0 spiro atoms. The Morgan fingerprint density at radius 3 is 2.37 bits per heavy atom. The molecule has 35 heavy (non-hydrogen) atoms. The zero-order valence-electron chi connectivity index (χ0n) is 22.1. The van der Waals surface area contributed by atoms with Gasteiger partial charge in [-0.1, -0.05) is 43.5 Å². The molecule has 0 radical (unpaired) electrons. The number of aliphatic hydroxyl groups is 1. The molecule has 2 atom stereocenters. The first-order valence-electron chi connectivity index (χ1n) is 12.8. The molecule has 8 heteroatoms. The molecular formula is C27H43N3O5. The Kier molecular flexibility index (Phi) is 10.6. The van der Waals surface area contributed by atoms with Crippen LogP contribution in [0.2, 0.25) is 0 Å². The molecule has 1 fully saturated rings. The van der Waals surface area contributed by atoms with Crippen LogP contribution >= 0.6 is 0 Å². The summed E-state index contributed by atoms with van der Waals surface area (Å²) in [6, 6.07) is 3.61. The third-order valence-electron chi connectivity index (χ3n) is 6.22. The second-order valence-electron chi connectivity index (χ2n) is 10.5. The number of ether oxygens (including phenoxy) is 1. The molecule has 2 rings (SSSR count). The highest BCUT2D eigenvalue weighted by Crippen LogP contribution is 2.35. The van der Waals surface area contributed by atoms with Gasteiger partial charge in [-0.2, -0.15) is 0 Å². The van der Waals surface area contributed by atoms with E-state index in [1.54, 1.807) is 25.7 Å². The number of carbonyl (C=O) groups excluding carboxylic acids is 3. The van der Waals surface area contributed by atoms with E-state index in [1.807, 2.05) is 32.0 Å². The van der Waals surface area contributed by atoms with Crippen molar-refractivity contribution in [2.75, 3.05) is 13.2 Å². The maximum atomic E-state index is 13.8. The van der Waals surface area contributed by atoms with E-state index in [1.165, 1.54) is 0 Å². The maximum Gasteiger partial charge on any atom is 0.408 e. The van der Waals surface area contributed by atoms with Crippen LogP contribution in [0.4, 0.5) is 4.79 Å². The van der Waals surface area contributed by atoms with Gasteiger partial charge in [-0.05, 0) is 71.4 Å². The number of alkyl carbamates (subject to hydrolysis) is 1. The maximum absolute atomic E-state index is 13.8. The van der Waals surface area contributed by atoms with Gasteiger partial charge in [0.15, 0.2) is 0 Å². The summed E-state index contributed by atoms with van der Waals surface area (Å²) in [5.74, 6) is -0.737. The Balaban J connectivity index is 2.41. The summed E-state index contributed by atoms with van der Waals surface area (Å²) in [6.45, 7) is 11.1. The Morgan fingerprint density at radius 2 is 1.86 bits per heavy atom. The molecule has 3 N–H and O–H groups in total. The van der Waals surface area contributed by atoms with Gasteiger partial charge in [0.05, 0.1) is 6.61 Å². The number of aliphatic hydroxyl groups excluding tert-OH is 1. The number of rotatable bonds is 11. The first-order valence-corrected chi connectivity index (χ1v) is 12.8. The molecule has 8 nitrogen and oxygen atoms in total. The molecule has 0 aliphatic heterocycles. The predicted octanol–water partition coefficient (Wildman–Crippen LogP) is 3.92. The molecule has 0 saturated heterocycles. The lowest BCUT2D eigenvalue weighted by molar-refractivity contribution is -0.148. The smallest absolute Gasteiger partial charge is 0.408 e. The van der Waals surface area contributed by atoms with Crippen molar-refractivity contribution >= 4 is 17.9 Å². The third kappa shape index (κ3) is 8.23. The second kappa shape index (κ2) is 12.9. The molecule has 0 aromatic heterocycles. The standard InChI is InChI=1S/C27H43N3O5/c1-7-8-9-15-28-24(32)23(21-14-13-18(2)16-19(21)3)30(20-11-10-12-20)25(33)22(17-31)29-26(34)35-27(4,5)6/h13-14,16,20,22-23,31H,7-12,15,17H2,1-6H3,(H,28,32)(H,29,34). The van der Waals surface area contributed by atoms with Crippen LogP contribution in [0, 0.1) is 13.8 Å². The van der Waals surface area contributed by atoms with E-state index in [-0.39, 0.29) is 11.9 Å². The molecule has 0 heterocycles. The molecular weight excluding hydrogens is 446 g/mol. The van der Waals surface area contributed by atoms with E-state index in [0.29, 0.717) is 6.54 Å². The SMILES string of the molecule is CCCCCNC(=O)C(c1ccc(C)cc1C)N(C(=O)C(CO)NC(=O)OC(C)(C)C)C1CCC1. The molecule has 0 bridgehead atoms. The fourth-order valence-corrected chi connectivity index (χ4v) is 4.23. The van der Waals surface area contributed by atoms with Gasteiger partial charge in [-0.15, -0.1) is 0 Å². The lowest BCUT2D eigenvalue weighted by Crippen LogP contribution is -2.58. The minimum absolute atomic E-state index is 0.149. The van der Waals surface area contributed by atoms with E-state index in [9.17, 15) is 19.5 Å². The molecule has 1 aromatic rings. The van der Waals surface area contributed by atoms with Crippen LogP contribution in [-0.2, 0) is 14.3 Å². The number of hydrogen-bond acceptors (Lipinski definition) is 5. The van der Waals surface area contributed by atoms with Crippen LogP contribution in [0.15, 0.2) is 18.2 Å². The van der Waals surface area contributed by atoms with Crippen LogP contribution in [-0.4, -0.2) is 58.8 Å². The Bertz CT molecular complexity index is 876. The summed E-state index contributed by atoms with van der Waals surface area (Å²) in [5.41, 5.74) is 1.98. The van der Waals surface area contributed by atoms with Gasteiger partial charge in [0.25, 0.3) is 0 Å². The Labute approximate surface area is 209 Å². The summed E-state index contributed by atoms with van der Waals surface area (Å²) in [7, 11) is 0. The Hall–Kier alpha value is -2.61. The van der Waals surface area contributed by atoms with Gasteiger partial charge in [-0.25, -0.2) is 4.79 Å². The van der Waals surface area contributed by atoms with Crippen LogP contribution in [0.1, 0.15) is 89.0 Å². The van der Waals surface area contributed by atoms with E-state index < -0.39 is 36.3 Å². The zero-order valence-corrected chi connectivity index (χ0v) is 22.1. The minimum atomic E-state index is -1.22. The number of nitrogens with zero attached hydrogens (tertiary/aromatic N) is 1. The lowest BCUT2D eigenvalue weighted by Gasteiger charge is -2.43. The molecule has 1 aliphatic carbocycles. The molecule has 2 unspecified atom stereocenters. The number of carbonyl (C=O) groups is 3. The third-order valence-corrected chi connectivity index (χ3v) is 6.22. The molecule has 196 valence electrons. The summed E-state index contributed by atoms with van der Waals surface area (Å²) in [4.78, 5) is 41.3. The Morgan fingerprint density at radius 1 is 1.17 bits per heavy atom. The van der Waals surface area contributed by atoms with Crippen LogP contribution in [0.25, 0.3) is 0 Å². The number of amides is 3. The lowest BCUT2D eigenvalue weighted by atomic mass is 9.87. The number of aryl methyl sites for hydroxylation is 2.